The lowest BCUT2D eigenvalue weighted by Crippen LogP contribution is -2.41. The van der Waals surface area contributed by atoms with Gasteiger partial charge in [-0.25, -0.2) is 9.18 Å². The van der Waals surface area contributed by atoms with E-state index in [4.69, 9.17) is 4.74 Å². The molecular weight excluding hydrogens is 307 g/mol. The van der Waals surface area contributed by atoms with E-state index in [1.807, 2.05) is 24.3 Å². The summed E-state index contributed by atoms with van der Waals surface area (Å²) >= 11 is 0. The molecule has 0 radical (unpaired) electrons. The van der Waals surface area contributed by atoms with E-state index in [9.17, 15) is 9.18 Å². The topological polar surface area (TPSA) is 50.4 Å². The number of carbonyl (C=O) groups is 1. The van der Waals surface area contributed by atoms with Crippen LogP contribution in [0.4, 0.5) is 9.18 Å². The van der Waals surface area contributed by atoms with Gasteiger partial charge in [-0.3, -0.25) is 0 Å². The zero-order chi connectivity index (χ0) is 16.8. The highest BCUT2D eigenvalue weighted by Gasteiger charge is 2.19. The monoisotopic (exact) mass is 328 g/mol. The first-order valence-corrected chi connectivity index (χ1v) is 8.17. The van der Waals surface area contributed by atoms with E-state index in [-0.39, 0.29) is 17.8 Å². The van der Waals surface area contributed by atoms with Crippen molar-refractivity contribution >= 4 is 6.03 Å². The molecule has 24 heavy (non-hydrogen) atoms. The number of carbonyl (C=O) groups excluding carboxylic acids is 1. The van der Waals surface area contributed by atoms with Crippen LogP contribution in [0.15, 0.2) is 48.5 Å². The smallest absolute Gasteiger partial charge is 0.314 e. The Morgan fingerprint density at radius 2 is 2.04 bits per heavy atom. The Hall–Kier alpha value is -2.56. The Morgan fingerprint density at radius 3 is 2.92 bits per heavy atom. The molecule has 2 aromatic rings. The van der Waals surface area contributed by atoms with E-state index >= 15 is 0 Å². The predicted octanol–water partition coefficient (Wildman–Crippen LogP) is 2.92. The minimum absolute atomic E-state index is 0.203. The highest BCUT2D eigenvalue weighted by atomic mass is 19.1. The van der Waals surface area contributed by atoms with Crippen molar-refractivity contribution < 1.29 is 13.9 Å². The molecular formula is C19H21FN2O2. The second-order valence-electron chi connectivity index (χ2n) is 6.01. The van der Waals surface area contributed by atoms with Crippen LogP contribution in [0.5, 0.6) is 5.75 Å². The van der Waals surface area contributed by atoms with Crippen molar-refractivity contribution in [3.05, 3.63) is 65.5 Å². The van der Waals surface area contributed by atoms with Crippen LogP contribution >= 0.6 is 0 Å². The Bertz CT molecular complexity index is 705. The van der Waals surface area contributed by atoms with Crippen LogP contribution in [0, 0.1) is 11.7 Å². The molecule has 1 aliphatic heterocycles. The summed E-state index contributed by atoms with van der Waals surface area (Å²) in [7, 11) is 0. The lowest BCUT2D eigenvalue weighted by atomic mass is 9.97. The molecule has 2 aromatic carbocycles. The molecule has 2 N–H and O–H groups in total. The first kappa shape index (κ1) is 16.3. The Balaban J connectivity index is 1.37. The number of nitrogens with one attached hydrogen (secondary N) is 2. The van der Waals surface area contributed by atoms with Crippen LogP contribution in [0.25, 0.3) is 0 Å². The number of urea groups is 1. The van der Waals surface area contributed by atoms with Crippen molar-refractivity contribution in [2.45, 2.75) is 12.8 Å². The minimum atomic E-state index is -0.255. The van der Waals surface area contributed by atoms with E-state index in [1.54, 1.807) is 6.07 Å². The zero-order valence-electron chi connectivity index (χ0n) is 13.4. The summed E-state index contributed by atoms with van der Waals surface area (Å²) in [6, 6.07) is 14.2. The van der Waals surface area contributed by atoms with E-state index in [0.717, 1.165) is 17.7 Å². The van der Waals surface area contributed by atoms with Crippen LogP contribution in [-0.4, -0.2) is 25.7 Å². The van der Waals surface area contributed by atoms with Gasteiger partial charge in [-0.2, -0.15) is 0 Å². The Morgan fingerprint density at radius 1 is 1.17 bits per heavy atom. The molecule has 2 amide bonds. The third kappa shape index (κ3) is 4.47. The largest absolute Gasteiger partial charge is 0.493 e. The van der Waals surface area contributed by atoms with Crippen molar-refractivity contribution in [1.82, 2.24) is 10.6 Å². The molecule has 0 aliphatic carbocycles. The van der Waals surface area contributed by atoms with Gasteiger partial charge < -0.3 is 15.4 Å². The maximum atomic E-state index is 13.1. The van der Waals surface area contributed by atoms with E-state index in [0.29, 0.717) is 26.1 Å². The average molecular weight is 328 g/mol. The number of hydrogen-bond acceptors (Lipinski definition) is 2. The van der Waals surface area contributed by atoms with Crippen molar-refractivity contribution in [3.63, 3.8) is 0 Å². The van der Waals surface area contributed by atoms with E-state index in [2.05, 4.69) is 16.7 Å². The van der Waals surface area contributed by atoms with Crippen molar-refractivity contribution in [2.24, 2.45) is 5.92 Å². The van der Waals surface area contributed by atoms with Gasteiger partial charge >= 0.3 is 6.03 Å². The van der Waals surface area contributed by atoms with Gasteiger partial charge in [0.25, 0.3) is 0 Å². The molecule has 3 rings (SSSR count). The fourth-order valence-electron chi connectivity index (χ4n) is 2.83. The Labute approximate surface area is 141 Å². The number of rotatable bonds is 5. The predicted molar refractivity (Wildman–Crippen MR) is 90.6 cm³/mol. The van der Waals surface area contributed by atoms with Crippen LogP contribution in [0.3, 0.4) is 0 Å². The number of ether oxygens (including phenoxy) is 1. The fraction of sp³-hybridized carbons (Fsp3) is 0.316. The third-order valence-electron chi connectivity index (χ3n) is 4.10. The SMILES string of the molecule is O=C(NCCc1cccc(F)c1)NCC1COc2ccccc2C1. The van der Waals surface area contributed by atoms with Crippen molar-refractivity contribution in [2.75, 3.05) is 19.7 Å². The second kappa shape index (κ2) is 7.81. The zero-order valence-corrected chi connectivity index (χ0v) is 13.4. The first-order chi connectivity index (χ1) is 11.7. The quantitative estimate of drug-likeness (QED) is 0.887. The lowest BCUT2D eigenvalue weighted by Gasteiger charge is -2.25. The number of fused-ring (bicyclic) bond motifs is 1. The second-order valence-corrected chi connectivity index (χ2v) is 6.01. The summed E-state index contributed by atoms with van der Waals surface area (Å²) < 4.78 is 18.8. The molecule has 4 nitrogen and oxygen atoms in total. The summed E-state index contributed by atoms with van der Waals surface area (Å²) in [5.74, 6) is 0.955. The molecule has 0 saturated carbocycles. The molecule has 126 valence electrons. The summed E-state index contributed by atoms with van der Waals surface area (Å²) in [5, 5.41) is 5.67. The first-order valence-electron chi connectivity index (χ1n) is 8.17. The lowest BCUT2D eigenvalue weighted by molar-refractivity contribution is 0.211. The average Bonchev–Trinajstić information content (AvgIpc) is 2.60. The van der Waals surface area contributed by atoms with Gasteiger partial charge in [0.2, 0.25) is 0 Å². The number of benzene rings is 2. The highest BCUT2D eigenvalue weighted by molar-refractivity contribution is 5.73. The van der Waals surface area contributed by atoms with Crippen molar-refractivity contribution in [3.8, 4) is 5.75 Å². The molecule has 1 heterocycles. The normalized spacial score (nSPS) is 16.0. The fourth-order valence-corrected chi connectivity index (χ4v) is 2.83. The summed E-state index contributed by atoms with van der Waals surface area (Å²) in [6.07, 6.45) is 1.50. The van der Waals surface area contributed by atoms with E-state index < -0.39 is 0 Å². The minimum Gasteiger partial charge on any atom is -0.493 e. The van der Waals surface area contributed by atoms with Gasteiger partial charge in [0, 0.05) is 19.0 Å². The van der Waals surface area contributed by atoms with Gasteiger partial charge in [0.1, 0.15) is 11.6 Å². The Kier molecular flexibility index (Phi) is 5.31. The molecule has 0 bridgehead atoms. The summed E-state index contributed by atoms with van der Waals surface area (Å²) in [5.41, 5.74) is 2.05. The molecule has 0 spiro atoms. The van der Waals surface area contributed by atoms with Crippen LogP contribution in [0.2, 0.25) is 0 Å². The molecule has 5 heteroatoms. The number of hydrogen-bond donors (Lipinski definition) is 2. The van der Waals surface area contributed by atoms with Crippen LogP contribution < -0.4 is 15.4 Å². The number of amides is 2. The maximum Gasteiger partial charge on any atom is 0.314 e. The van der Waals surface area contributed by atoms with E-state index in [1.165, 1.54) is 17.7 Å². The van der Waals surface area contributed by atoms with Gasteiger partial charge in [-0.1, -0.05) is 30.3 Å². The molecule has 0 fully saturated rings. The van der Waals surface area contributed by atoms with Gasteiger partial charge in [-0.15, -0.1) is 0 Å². The number of para-hydroxylation sites is 1. The number of halogens is 1. The molecule has 0 aromatic heterocycles. The maximum absolute atomic E-state index is 13.1. The molecule has 1 aliphatic rings. The third-order valence-corrected chi connectivity index (χ3v) is 4.10. The van der Waals surface area contributed by atoms with Crippen LogP contribution in [-0.2, 0) is 12.8 Å². The highest BCUT2D eigenvalue weighted by Crippen LogP contribution is 2.26. The van der Waals surface area contributed by atoms with Crippen molar-refractivity contribution in [1.29, 1.82) is 0 Å². The van der Waals surface area contributed by atoms with Crippen LogP contribution in [0.1, 0.15) is 11.1 Å². The van der Waals surface area contributed by atoms with Gasteiger partial charge in [0.05, 0.1) is 6.61 Å². The summed E-state index contributed by atoms with van der Waals surface area (Å²) in [4.78, 5) is 11.9. The molecule has 0 saturated heterocycles. The van der Waals surface area contributed by atoms with Gasteiger partial charge in [-0.05, 0) is 42.2 Å². The molecule has 1 unspecified atom stereocenters. The standard InChI is InChI=1S/C19H21FN2O2/c20-17-6-3-4-14(11-17)8-9-21-19(23)22-12-15-10-16-5-1-2-7-18(16)24-13-15/h1-7,11,15H,8-10,12-13H2,(H2,21,22,23). The van der Waals surface area contributed by atoms with Gasteiger partial charge in [0.15, 0.2) is 0 Å². The summed E-state index contributed by atoms with van der Waals surface area (Å²) in [6.45, 7) is 1.65. The molecule has 1 atom stereocenters.